The van der Waals surface area contributed by atoms with E-state index in [9.17, 15) is 8.42 Å². The number of benzene rings is 1. The molecule has 3 rings (SSSR count). The summed E-state index contributed by atoms with van der Waals surface area (Å²) in [5.74, 6) is 1.63. The van der Waals surface area contributed by atoms with Gasteiger partial charge in [-0.1, -0.05) is 18.2 Å². The first kappa shape index (κ1) is 14.9. The number of nitrogens with one attached hydrogen (secondary N) is 1. The molecular weight excluding hydrogens is 286 g/mol. The van der Waals surface area contributed by atoms with E-state index in [1.807, 2.05) is 0 Å². The average molecular weight is 309 g/mol. The Labute approximate surface area is 126 Å². The molecule has 1 N–H and O–H groups in total. The third kappa shape index (κ3) is 3.40. The van der Waals surface area contributed by atoms with Crippen LogP contribution in [0.15, 0.2) is 18.2 Å². The fourth-order valence-corrected chi connectivity index (χ4v) is 4.66. The van der Waals surface area contributed by atoms with Crippen LogP contribution in [0.3, 0.4) is 0 Å². The highest BCUT2D eigenvalue weighted by Gasteiger charge is 2.31. The van der Waals surface area contributed by atoms with Crippen LogP contribution in [0.4, 0.5) is 0 Å². The summed E-state index contributed by atoms with van der Waals surface area (Å²) in [6.45, 7) is 4.95. The maximum Gasteiger partial charge on any atom is 0.150 e. The van der Waals surface area contributed by atoms with Gasteiger partial charge < -0.3 is 10.1 Å². The molecule has 5 heteroatoms. The molecule has 2 heterocycles. The Morgan fingerprint density at radius 2 is 2.00 bits per heavy atom. The summed E-state index contributed by atoms with van der Waals surface area (Å²) in [6, 6.07) is 6.58. The summed E-state index contributed by atoms with van der Waals surface area (Å²) < 4.78 is 29.0. The molecule has 1 fully saturated rings. The smallest absolute Gasteiger partial charge is 0.150 e. The lowest BCUT2D eigenvalue weighted by molar-refractivity contribution is 0.137. The first-order valence-electron chi connectivity index (χ1n) is 7.58. The van der Waals surface area contributed by atoms with Crippen LogP contribution >= 0.6 is 0 Å². The van der Waals surface area contributed by atoms with Crippen LogP contribution in [-0.2, 0) is 22.8 Å². The zero-order valence-corrected chi connectivity index (χ0v) is 13.5. The third-order valence-electron chi connectivity index (χ3n) is 4.31. The molecule has 1 aromatic carbocycles. The summed E-state index contributed by atoms with van der Waals surface area (Å²) in [6.07, 6.45) is 2.37. The second kappa shape index (κ2) is 5.29. The molecule has 21 heavy (non-hydrogen) atoms. The number of ether oxygens (including phenoxy) is 1. The molecule has 116 valence electrons. The number of hydrogen-bond donors (Lipinski definition) is 1. The van der Waals surface area contributed by atoms with E-state index >= 15 is 0 Å². The second-order valence-electron chi connectivity index (χ2n) is 6.75. The Balaban J connectivity index is 1.64. The molecule has 0 spiro atoms. The summed E-state index contributed by atoms with van der Waals surface area (Å²) in [5, 5.41) is 3.49. The lowest BCUT2D eigenvalue weighted by Crippen LogP contribution is -2.37. The predicted octanol–water partition coefficient (Wildman–Crippen LogP) is 2.07. The molecule has 1 saturated heterocycles. The molecule has 0 unspecified atom stereocenters. The summed E-state index contributed by atoms with van der Waals surface area (Å²) >= 11 is 0. The van der Waals surface area contributed by atoms with Crippen LogP contribution in [-0.4, -0.2) is 31.6 Å². The molecule has 0 bridgehead atoms. The van der Waals surface area contributed by atoms with Crippen molar-refractivity contribution in [3.8, 4) is 5.75 Å². The van der Waals surface area contributed by atoms with Gasteiger partial charge in [-0.15, -0.1) is 0 Å². The van der Waals surface area contributed by atoms with Crippen molar-refractivity contribution < 1.29 is 13.2 Å². The highest BCUT2D eigenvalue weighted by atomic mass is 32.2. The maximum absolute atomic E-state index is 11.4. The monoisotopic (exact) mass is 309 g/mol. The van der Waals surface area contributed by atoms with Crippen LogP contribution in [0.5, 0.6) is 5.75 Å². The quantitative estimate of drug-likeness (QED) is 0.928. The van der Waals surface area contributed by atoms with Crippen molar-refractivity contribution in [3.05, 3.63) is 29.3 Å². The van der Waals surface area contributed by atoms with E-state index in [-0.39, 0.29) is 5.60 Å². The topological polar surface area (TPSA) is 55.4 Å². The molecule has 0 aromatic heterocycles. The van der Waals surface area contributed by atoms with Crippen LogP contribution < -0.4 is 10.1 Å². The average Bonchev–Trinajstić information content (AvgIpc) is 2.72. The molecule has 2 aliphatic rings. The molecule has 2 aliphatic heterocycles. The van der Waals surface area contributed by atoms with Gasteiger partial charge in [0.15, 0.2) is 0 Å². The first-order valence-corrected chi connectivity index (χ1v) is 9.40. The van der Waals surface area contributed by atoms with E-state index < -0.39 is 9.84 Å². The minimum Gasteiger partial charge on any atom is -0.487 e. The maximum atomic E-state index is 11.4. The predicted molar refractivity (Wildman–Crippen MR) is 83.4 cm³/mol. The lowest BCUT2D eigenvalue weighted by atomic mass is 10.0. The fraction of sp³-hybridized carbons (Fsp3) is 0.625. The molecule has 4 nitrogen and oxygen atoms in total. The van der Waals surface area contributed by atoms with E-state index in [0.717, 1.165) is 18.7 Å². The van der Waals surface area contributed by atoms with Gasteiger partial charge in [0.05, 0.1) is 11.5 Å². The van der Waals surface area contributed by atoms with Crippen molar-refractivity contribution in [2.24, 2.45) is 0 Å². The number of para-hydroxylation sites is 1. The van der Waals surface area contributed by atoms with Crippen LogP contribution in [0.25, 0.3) is 0 Å². The zero-order valence-electron chi connectivity index (χ0n) is 12.7. The van der Waals surface area contributed by atoms with Crippen molar-refractivity contribution in [1.29, 1.82) is 0 Å². The molecule has 0 atom stereocenters. The molecule has 0 radical (unpaired) electrons. The van der Waals surface area contributed by atoms with Gasteiger partial charge in [0.25, 0.3) is 0 Å². The summed E-state index contributed by atoms with van der Waals surface area (Å²) in [5.41, 5.74) is 2.31. The normalized spacial score (nSPS) is 23.5. The van der Waals surface area contributed by atoms with Crippen molar-refractivity contribution in [2.75, 3.05) is 11.5 Å². The Hall–Kier alpha value is -1.07. The molecule has 0 saturated carbocycles. The largest absolute Gasteiger partial charge is 0.487 e. The van der Waals surface area contributed by atoms with E-state index in [4.69, 9.17) is 4.74 Å². The van der Waals surface area contributed by atoms with Gasteiger partial charge in [0, 0.05) is 24.6 Å². The van der Waals surface area contributed by atoms with Gasteiger partial charge in [-0.3, -0.25) is 0 Å². The molecule has 0 aliphatic carbocycles. The molecular formula is C16H23NO3S. The van der Waals surface area contributed by atoms with Crippen LogP contribution in [0.1, 0.15) is 37.8 Å². The molecule has 1 aromatic rings. The standard InChI is InChI=1S/C16H23NO3S/c1-16(2)10-12-4-3-5-13(15(12)20-16)11-17-14-6-8-21(18,19)9-7-14/h3-5,14,17H,6-11H2,1-2H3. The SMILES string of the molecule is CC1(C)Cc2cccc(CNC3CCS(=O)(=O)CC3)c2O1. The third-order valence-corrected chi connectivity index (χ3v) is 6.02. The van der Waals surface area contributed by atoms with E-state index in [0.29, 0.717) is 30.4 Å². The number of sulfone groups is 1. The number of rotatable bonds is 3. The van der Waals surface area contributed by atoms with Gasteiger partial charge in [0.1, 0.15) is 21.2 Å². The van der Waals surface area contributed by atoms with Crippen LogP contribution in [0, 0.1) is 0 Å². The van der Waals surface area contributed by atoms with E-state index in [1.165, 1.54) is 11.1 Å². The Bertz CT molecular complexity index is 623. The number of hydrogen-bond acceptors (Lipinski definition) is 4. The summed E-state index contributed by atoms with van der Waals surface area (Å²) in [4.78, 5) is 0. The molecule has 0 amide bonds. The highest BCUT2D eigenvalue weighted by Crippen LogP contribution is 2.37. The van der Waals surface area contributed by atoms with E-state index in [2.05, 4.69) is 37.4 Å². The van der Waals surface area contributed by atoms with Crippen LogP contribution in [0.2, 0.25) is 0 Å². The van der Waals surface area contributed by atoms with Gasteiger partial charge >= 0.3 is 0 Å². The van der Waals surface area contributed by atoms with Crippen molar-refractivity contribution in [3.63, 3.8) is 0 Å². The van der Waals surface area contributed by atoms with Gasteiger partial charge in [-0.2, -0.15) is 0 Å². The summed E-state index contributed by atoms with van der Waals surface area (Å²) in [7, 11) is -2.79. The minimum atomic E-state index is -2.79. The first-order chi connectivity index (χ1) is 9.85. The second-order valence-corrected chi connectivity index (χ2v) is 9.05. The zero-order chi connectivity index (χ0) is 15.1. The minimum absolute atomic E-state index is 0.128. The van der Waals surface area contributed by atoms with Gasteiger partial charge in [-0.05, 0) is 32.3 Å². The Morgan fingerprint density at radius 3 is 2.71 bits per heavy atom. The highest BCUT2D eigenvalue weighted by molar-refractivity contribution is 7.91. The number of fused-ring (bicyclic) bond motifs is 1. The van der Waals surface area contributed by atoms with Crippen molar-refractivity contribution in [2.45, 2.75) is 51.3 Å². The Morgan fingerprint density at radius 1 is 1.29 bits per heavy atom. The van der Waals surface area contributed by atoms with Crippen molar-refractivity contribution in [1.82, 2.24) is 5.32 Å². The van der Waals surface area contributed by atoms with E-state index in [1.54, 1.807) is 0 Å². The van der Waals surface area contributed by atoms with Gasteiger partial charge in [-0.25, -0.2) is 8.42 Å². The van der Waals surface area contributed by atoms with Crippen molar-refractivity contribution >= 4 is 9.84 Å². The van der Waals surface area contributed by atoms with Gasteiger partial charge in [0.2, 0.25) is 0 Å². The Kier molecular flexibility index (Phi) is 3.74. The fourth-order valence-electron chi connectivity index (χ4n) is 3.17. The lowest BCUT2D eigenvalue weighted by Gasteiger charge is -2.24.